The monoisotopic (exact) mass is 335 g/mol. The summed E-state index contributed by atoms with van der Waals surface area (Å²) in [6.07, 6.45) is 1.55. The number of nitrogens with two attached hydrogens (primary N) is 2. The Morgan fingerprint density at radius 2 is 2.09 bits per heavy atom. The number of hydrazine groups is 2. The second-order valence-electron chi connectivity index (χ2n) is 4.94. The zero-order valence-corrected chi connectivity index (χ0v) is 13.6. The lowest BCUT2D eigenvalue weighted by Gasteiger charge is -2.24. The zero-order chi connectivity index (χ0) is 17.0. The SMILES string of the molecule is Cc1cccc(N(N)C(=O)N(C)N)c1COc1ccnc(Cl)c1. The number of halogens is 1. The van der Waals surface area contributed by atoms with E-state index in [2.05, 4.69) is 4.98 Å². The van der Waals surface area contributed by atoms with Gasteiger partial charge in [0.2, 0.25) is 0 Å². The average molecular weight is 336 g/mol. The summed E-state index contributed by atoms with van der Waals surface area (Å²) in [5.74, 6) is 11.9. The first-order chi connectivity index (χ1) is 10.9. The maximum atomic E-state index is 12.0. The first kappa shape index (κ1) is 17.0. The van der Waals surface area contributed by atoms with E-state index in [1.165, 1.54) is 7.05 Å². The van der Waals surface area contributed by atoms with Gasteiger partial charge in [-0.25, -0.2) is 26.5 Å². The molecule has 0 saturated heterocycles. The highest BCUT2D eigenvalue weighted by atomic mass is 35.5. The standard InChI is InChI=1S/C15H18ClN5O2/c1-10-4-3-5-13(21(18)15(22)20(2)17)12(10)9-23-11-6-7-19-14(16)8-11/h3-8H,9,17-18H2,1-2H3. The molecule has 122 valence electrons. The molecule has 7 nitrogen and oxygen atoms in total. The lowest BCUT2D eigenvalue weighted by Crippen LogP contribution is -2.49. The van der Waals surface area contributed by atoms with Crippen LogP contribution in [-0.4, -0.2) is 23.1 Å². The third-order valence-corrected chi connectivity index (χ3v) is 3.44. The van der Waals surface area contributed by atoms with Crippen molar-refractivity contribution in [3.8, 4) is 5.75 Å². The molecule has 8 heteroatoms. The van der Waals surface area contributed by atoms with Gasteiger partial charge in [0.05, 0.1) is 5.69 Å². The maximum absolute atomic E-state index is 12.0. The summed E-state index contributed by atoms with van der Waals surface area (Å²) in [6.45, 7) is 2.13. The van der Waals surface area contributed by atoms with Gasteiger partial charge in [-0.15, -0.1) is 0 Å². The molecule has 0 unspecified atom stereocenters. The van der Waals surface area contributed by atoms with Crippen LogP contribution in [0.15, 0.2) is 36.5 Å². The highest BCUT2D eigenvalue weighted by Crippen LogP contribution is 2.25. The number of ether oxygens (including phenoxy) is 1. The molecule has 1 aromatic carbocycles. The minimum absolute atomic E-state index is 0.220. The van der Waals surface area contributed by atoms with E-state index >= 15 is 0 Å². The van der Waals surface area contributed by atoms with Crippen LogP contribution < -0.4 is 21.4 Å². The van der Waals surface area contributed by atoms with E-state index in [0.717, 1.165) is 21.1 Å². The van der Waals surface area contributed by atoms with Crippen LogP contribution in [0.3, 0.4) is 0 Å². The molecule has 0 aliphatic rings. The zero-order valence-electron chi connectivity index (χ0n) is 12.9. The van der Waals surface area contributed by atoms with Crippen molar-refractivity contribution in [2.24, 2.45) is 11.7 Å². The number of rotatable bonds is 4. The van der Waals surface area contributed by atoms with Crippen molar-refractivity contribution in [1.29, 1.82) is 0 Å². The summed E-state index contributed by atoms with van der Waals surface area (Å²) in [5.41, 5.74) is 2.23. The fourth-order valence-electron chi connectivity index (χ4n) is 2.00. The van der Waals surface area contributed by atoms with Crippen LogP contribution in [0, 0.1) is 6.92 Å². The fraction of sp³-hybridized carbons (Fsp3) is 0.200. The number of aryl methyl sites for hydroxylation is 1. The molecular formula is C15H18ClN5O2. The topological polar surface area (TPSA) is 97.7 Å². The molecular weight excluding hydrogens is 318 g/mol. The van der Waals surface area contributed by atoms with Crippen molar-refractivity contribution in [2.75, 3.05) is 12.1 Å². The molecule has 0 fully saturated rings. The van der Waals surface area contributed by atoms with Gasteiger partial charge in [-0.2, -0.15) is 0 Å². The van der Waals surface area contributed by atoms with E-state index in [9.17, 15) is 4.79 Å². The van der Waals surface area contributed by atoms with Gasteiger partial charge in [0, 0.05) is 24.9 Å². The predicted octanol–water partition coefficient (Wildman–Crippen LogP) is 2.23. The molecule has 2 rings (SSSR count). The largest absolute Gasteiger partial charge is 0.489 e. The van der Waals surface area contributed by atoms with Crippen molar-refractivity contribution < 1.29 is 9.53 Å². The number of hydrogen-bond acceptors (Lipinski definition) is 5. The molecule has 0 bridgehead atoms. The minimum atomic E-state index is -0.538. The Morgan fingerprint density at radius 1 is 1.35 bits per heavy atom. The van der Waals surface area contributed by atoms with E-state index in [1.807, 2.05) is 13.0 Å². The van der Waals surface area contributed by atoms with Gasteiger partial charge in [0.25, 0.3) is 0 Å². The summed E-state index contributed by atoms with van der Waals surface area (Å²) in [6, 6.07) is 8.21. The predicted molar refractivity (Wildman–Crippen MR) is 88.8 cm³/mol. The van der Waals surface area contributed by atoms with Gasteiger partial charge in [-0.3, -0.25) is 5.01 Å². The Balaban J connectivity index is 2.26. The third kappa shape index (κ3) is 4.10. The highest BCUT2D eigenvalue weighted by Gasteiger charge is 2.18. The van der Waals surface area contributed by atoms with E-state index in [-0.39, 0.29) is 6.61 Å². The van der Waals surface area contributed by atoms with E-state index in [1.54, 1.807) is 30.5 Å². The molecule has 0 aliphatic heterocycles. The smallest absolute Gasteiger partial charge is 0.352 e. The minimum Gasteiger partial charge on any atom is -0.489 e. The number of carbonyl (C=O) groups is 1. The number of urea groups is 1. The van der Waals surface area contributed by atoms with E-state index in [0.29, 0.717) is 16.6 Å². The first-order valence-electron chi connectivity index (χ1n) is 6.80. The van der Waals surface area contributed by atoms with Crippen molar-refractivity contribution in [3.63, 3.8) is 0 Å². The number of amides is 2. The van der Waals surface area contributed by atoms with Crippen molar-refractivity contribution in [3.05, 3.63) is 52.8 Å². The molecule has 23 heavy (non-hydrogen) atoms. The Hall–Kier alpha value is -2.35. The Morgan fingerprint density at radius 3 is 2.74 bits per heavy atom. The quantitative estimate of drug-likeness (QED) is 0.386. The van der Waals surface area contributed by atoms with Crippen molar-refractivity contribution in [2.45, 2.75) is 13.5 Å². The van der Waals surface area contributed by atoms with Gasteiger partial charge < -0.3 is 4.74 Å². The number of pyridine rings is 1. The molecule has 0 atom stereocenters. The summed E-state index contributed by atoms with van der Waals surface area (Å²) in [4.78, 5) is 15.9. The van der Waals surface area contributed by atoms with Crippen LogP contribution in [-0.2, 0) is 6.61 Å². The van der Waals surface area contributed by atoms with Crippen LogP contribution in [0.2, 0.25) is 5.15 Å². The third-order valence-electron chi connectivity index (χ3n) is 3.23. The van der Waals surface area contributed by atoms with Crippen molar-refractivity contribution in [1.82, 2.24) is 9.99 Å². The maximum Gasteiger partial charge on any atom is 0.352 e. The lowest BCUT2D eigenvalue weighted by atomic mass is 10.1. The fourth-order valence-corrected chi connectivity index (χ4v) is 2.17. The summed E-state index contributed by atoms with van der Waals surface area (Å²) >= 11 is 5.83. The number of benzene rings is 1. The highest BCUT2D eigenvalue weighted by molar-refractivity contribution is 6.29. The lowest BCUT2D eigenvalue weighted by molar-refractivity contribution is 0.216. The normalized spacial score (nSPS) is 10.3. The van der Waals surface area contributed by atoms with E-state index < -0.39 is 6.03 Å². The molecule has 1 aromatic heterocycles. The van der Waals surface area contributed by atoms with Crippen molar-refractivity contribution >= 4 is 23.3 Å². The molecule has 4 N–H and O–H groups in total. The van der Waals surface area contributed by atoms with Crippen LogP contribution in [0.1, 0.15) is 11.1 Å². The Kier molecular flexibility index (Phi) is 5.38. The molecule has 2 aromatic rings. The van der Waals surface area contributed by atoms with Gasteiger partial charge >= 0.3 is 6.03 Å². The van der Waals surface area contributed by atoms with Gasteiger partial charge in [-0.05, 0) is 24.6 Å². The molecule has 0 saturated carbocycles. The average Bonchev–Trinajstić information content (AvgIpc) is 2.52. The Labute approximate surface area is 139 Å². The summed E-state index contributed by atoms with van der Waals surface area (Å²) in [7, 11) is 1.42. The second-order valence-corrected chi connectivity index (χ2v) is 5.33. The van der Waals surface area contributed by atoms with Gasteiger partial charge in [-0.1, -0.05) is 23.7 Å². The molecule has 0 spiro atoms. The van der Waals surface area contributed by atoms with Gasteiger partial charge in [0.1, 0.15) is 17.5 Å². The second kappa shape index (κ2) is 7.28. The summed E-state index contributed by atoms with van der Waals surface area (Å²) in [5, 5.41) is 2.24. The number of aromatic nitrogens is 1. The molecule has 2 amide bonds. The molecule has 0 radical (unpaired) electrons. The summed E-state index contributed by atoms with van der Waals surface area (Å²) < 4.78 is 5.72. The number of hydrogen-bond donors (Lipinski definition) is 2. The molecule has 0 aliphatic carbocycles. The Bertz CT molecular complexity index is 708. The van der Waals surface area contributed by atoms with Crippen LogP contribution >= 0.6 is 11.6 Å². The van der Waals surface area contributed by atoms with Gasteiger partial charge in [0.15, 0.2) is 0 Å². The number of nitrogens with zero attached hydrogens (tertiary/aromatic N) is 3. The number of anilines is 1. The van der Waals surface area contributed by atoms with Crippen LogP contribution in [0.5, 0.6) is 5.75 Å². The molecule has 1 heterocycles. The van der Waals surface area contributed by atoms with Crippen LogP contribution in [0.4, 0.5) is 10.5 Å². The van der Waals surface area contributed by atoms with E-state index in [4.69, 9.17) is 28.0 Å². The first-order valence-corrected chi connectivity index (χ1v) is 7.18. The van der Waals surface area contributed by atoms with Crippen LogP contribution in [0.25, 0.3) is 0 Å². The number of carbonyl (C=O) groups excluding carboxylic acids is 1.